The van der Waals surface area contributed by atoms with E-state index in [-0.39, 0.29) is 5.91 Å². The van der Waals surface area contributed by atoms with Crippen molar-refractivity contribution in [2.75, 3.05) is 31.9 Å². The second-order valence-corrected chi connectivity index (χ2v) is 6.43. The van der Waals surface area contributed by atoms with Gasteiger partial charge in [0.2, 0.25) is 0 Å². The lowest BCUT2D eigenvalue weighted by atomic mass is 9.99. The van der Waals surface area contributed by atoms with Crippen molar-refractivity contribution in [3.05, 3.63) is 28.2 Å². The summed E-state index contributed by atoms with van der Waals surface area (Å²) >= 11 is 3.36. The number of carbonyl (C=O) groups excluding carboxylic acids is 1. The van der Waals surface area contributed by atoms with E-state index in [0.29, 0.717) is 17.8 Å². The van der Waals surface area contributed by atoms with E-state index in [2.05, 4.69) is 33.1 Å². The highest BCUT2D eigenvalue weighted by molar-refractivity contribution is 9.10. The molecule has 0 aromatic heterocycles. The van der Waals surface area contributed by atoms with E-state index >= 15 is 0 Å². The van der Waals surface area contributed by atoms with Crippen LogP contribution >= 0.6 is 15.9 Å². The molecule has 0 saturated carbocycles. The highest BCUT2D eigenvalue weighted by atomic mass is 79.9. The minimum atomic E-state index is -0.103. The Kier molecular flexibility index (Phi) is 5.43. The van der Waals surface area contributed by atoms with Gasteiger partial charge in [0.25, 0.3) is 5.91 Å². The van der Waals surface area contributed by atoms with Gasteiger partial charge in [0.05, 0.1) is 5.56 Å². The number of hydrogen-bond donors (Lipinski definition) is 2. The third-order valence-electron chi connectivity index (χ3n) is 3.85. The van der Waals surface area contributed by atoms with Gasteiger partial charge >= 0.3 is 0 Å². The standard InChI is InChI=1S/C15H22BrN3O/c1-11-4-7-19(8-5-11)9-6-18-15(20)13-10-12(16)2-3-14(13)17/h2-3,10-11H,4-9,17H2,1H3,(H,18,20). The van der Waals surface area contributed by atoms with Gasteiger partial charge in [-0.1, -0.05) is 22.9 Å². The van der Waals surface area contributed by atoms with Crippen LogP contribution in [0.25, 0.3) is 0 Å². The van der Waals surface area contributed by atoms with Gasteiger partial charge in [-0.3, -0.25) is 4.79 Å². The molecule has 0 spiro atoms. The molecule has 3 N–H and O–H groups in total. The Balaban J connectivity index is 1.79. The Morgan fingerprint density at radius 2 is 2.15 bits per heavy atom. The van der Waals surface area contributed by atoms with Crippen LogP contribution in [0.2, 0.25) is 0 Å². The summed E-state index contributed by atoms with van der Waals surface area (Å²) in [7, 11) is 0. The molecule has 2 rings (SSSR count). The average Bonchev–Trinajstić information content (AvgIpc) is 2.43. The smallest absolute Gasteiger partial charge is 0.253 e. The maximum atomic E-state index is 12.1. The molecule has 1 amide bonds. The minimum Gasteiger partial charge on any atom is -0.398 e. The molecule has 1 fully saturated rings. The summed E-state index contributed by atoms with van der Waals surface area (Å²) in [6, 6.07) is 5.33. The SMILES string of the molecule is CC1CCN(CCNC(=O)c2cc(Br)ccc2N)CC1. The molecular weight excluding hydrogens is 318 g/mol. The minimum absolute atomic E-state index is 0.103. The first-order valence-electron chi connectivity index (χ1n) is 7.12. The van der Waals surface area contributed by atoms with Gasteiger partial charge in [0.15, 0.2) is 0 Å². The lowest BCUT2D eigenvalue weighted by Gasteiger charge is -2.30. The van der Waals surface area contributed by atoms with Crippen molar-refractivity contribution in [2.24, 2.45) is 5.92 Å². The number of nitrogens with zero attached hydrogens (tertiary/aromatic N) is 1. The monoisotopic (exact) mass is 339 g/mol. The van der Waals surface area contributed by atoms with Crippen LogP contribution in [-0.4, -0.2) is 37.0 Å². The fourth-order valence-corrected chi connectivity index (χ4v) is 2.79. The van der Waals surface area contributed by atoms with Gasteiger partial charge in [-0.05, 0) is 50.0 Å². The predicted octanol–water partition coefficient (Wildman–Crippen LogP) is 2.49. The molecule has 0 bridgehead atoms. The summed E-state index contributed by atoms with van der Waals surface area (Å²) in [6.07, 6.45) is 2.51. The number of carbonyl (C=O) groups is 1. The highest BCUT2D eigenvalue weighted by Crippen LogP contribution is 2.18. The molecule has 1 aromatic carbocycles. The zero-order valence-corrected chi connectivity index (χ0v) is 13.4. The number of nitrogens with one attached hydrogen (secondary N) is 1. The van der Waals surface area contributed by atoms with Crippen LogP contribution in [-0.2, 0) is 0 Å². The Morgan fingerprint density at radius 3 is 2.85 bits per heavy atom. The number of anilines is 1. The molecular formula is C15H22BrN3O. The van der Waals surface area contributed by atoms with Crippen molar-refractivity contribution in [2.45, 2.75) is 19.8 Å². The Labute approximate surface area is 128 Å². The maximum absolute atomic E-state index is 12.1. The van der Waals surface area contributed by atoms with Crippen molar-refractivity contribution in [3.8, 4) is 0 Å². The Hall–Kier alpha value is -1.07. The molecule has 1 heterocycles. The van der Waals surface area contributed by atoms with Gasteiger partial charge in [0, 0.05) is 23.2 Å². The lowest BCUT2D eigenvalue weighted by molar-refractivity contribution is 0.0945. The van der Waals surface area contributed by atoms with Crippen LogP contribution in [0.5, 0.6) is 0 Å². The molecule has 20 heavy (non-hydrogen) atoms. The molecule has 1 aliphatic rings. The van der Waals surface area contributed by atoms with Crippen molar-refractivity contribution < 1.29 is 4.79 Å². The van der Waals surface area contributed by atoms with Crippen molar-refractivity contribution in [1.82, 2.24) is 10.2 Å². The van der Waals surface area contributed by atoms with Crippen LogP contribution in [0.15, 0.2) is 22.7 Å². The second kappa shape index (κ2) is 7.09. The van der Waals surface area contributed by atoms with E-state index in [0.717, 1.165) is 30.0 Å². The molecule has 4 nitrogen and oxygen atoms in total. The number of hydrogen-bond acceptors (Lipinski definition) is 3. The third kappa shape index (κ3) is 4.21. The van der Waals surface area contributed by atoms with Gasteiger partial charge in [-0.15, -0.1) is 0 Å². The van der Waals surface area contributed by atoms with Crippen LogP contribution in [0, 0.1) is 5.92 Å². The van der Waals surface area contributed by atoms with Crippen LogP contribution in [0.1, 0.15) is 30.1 Å². The zero-order valence-electron chi connectivity index (χ0n) is 11.9. The molecule has 5 heteroatoms. The van der Waals surface area contributed by atoms with E-state index in [1.54, 1.807) is 12.1 Å². The van der Waals surface area contributed by atoms with E-state index in [9.17, 15) is 4.79 Å². The quantitative estimate of drug-likeness (QED) is 0.828. The second-order valence-electron chi connectivity index (χ2n) is 5.51. The number of benzene rings is 1. The van der Waals surface area contributed by atoms with Crippen molar-refractivity contribution in [3.63, 3.8) is 0 Å². The Morgan fingerprint density at radius 1 is 1.45 bits per heavy atom. The number of likely N-dealkylation sites (tertiary alicyclic amines) is 1. The molecule has 0 radical (unpaired) electrons. The first-order chi connectivity index (χ1) is 9.56. The number of piperidine rings is 1. The average molecular weight is 340 g/mol. The van der Waals surface area contributed by atoms with E-state index in [1.165, 1.54) is 12.8 Å². The summed E-state index contributed by atoms with van der Waals surface area (Å²) in [5.41, 5.74) is 6.87. The molecule has 0 unspecified atom stereocenters. The van der Waals surface area contributed by atoms with Crippen LogP contribution < -0.4 is 11.1 Å². The number of rotatable bonds is 4. The van der Waals surface area contributed by atoms with E-state index in [4.69, 9.17) is 5.73 Å². The fourth-order valence-electron chi connectivity index (χ4n) is 2.43. The highest BCUT2D eigenvalue weighted by Gasteiger charge is 2.15. The molecule has 0 aliphatic carbocycles. The van der Waals surface area contributed by atoms with Crippen LogP contribution in [0.3, 0.4) is 0 Å². The molecule has 0 atom stereocenters. The zero-order chi connectivity index (χ0) is 14.5. The third-order valence-corrected chi connectivity index (χ3v) is 4.34. The molecule has 110 valence electrons. The van der Waals surface area contributed by atoms with Gasteiger partial charge in [0.1, 0.15) is 0 Å². The summed E-state index contributed by atoms with van der Waals surface area (Å²) < 4.78 is 0.863. The van der Waals surface area contributed by atoms with Gasteiger partial charge in [-0.2, -0.15) is 0 Å². The number of amides is 1. The molecule has 1 aliphatic heterocycles. The van der Waals surface area contributed by atoms with E-state index in [1.807, 2.05) is 6.07 Å². The lowest BCUT2D eigenvalue weighted by Crippen LogP contribution is -2.39. The normalized spacial score (nSPS) is 17.1. The first-order valence-corrected chi connectivity index (χ1v) is 7.91. The Bertz CT molecular complexity index is 470. The fraction of sp³-hybridized carbons (Fsp3) is 0.533. The first kappa shape index (κ1) is 15.3. The van der Waals surface area contributed by atoms with E-state index < -0.39 is 0 Å². The predicted molar refractivity (Wildman–Crippen MR) is 85.7 cm³/mol. The molecule has 1 aromatic rings. The molecule has 1 saturated heterocycles. The summed E-state index contributed by atoms with van der Waals surface area (Å²) in [6.45, 7) is 6.15. The van der Waals surface area contributed by atoms with Gasteiger partial charge < -0.3 is 16.0 Å². The summed E-state index contributed by atoms with van der Waals surface area (Å²) in [4.78, 5) is 14.5. The maximum Gasteiger partial charge on any atom is 0.253 e. The largest absolute Gasteiger partial charge is 0.398 e. The summed E-state index contributed by atoms with van der Waals surface area (Å²) in [5.74, 6) is 0.733. The number of halogens is 1. The van der Waals surface area contributed by atoms with Gasteiger partial charge in [-0.25, -0.2) is 0 Å². The number of nitrogen functional groups attached to an aromatic ring is 1. The summed E-state index contributed by atoms with van der Waals surface area (Å²) in [5, 5.41) is 2.94. The van der Waals surface area contributed by atoms with Crippen molar-refractivity contribution in [1.29, 1.82) is 0 Å². The van der Waals surface area contributed by atoms with Crippen molar-refractivity contribution >= 4 is 27.5 Å². The topological polar surface area (TPSA) is 58.4 Å². The van der Waals surface area contributed by atoms with Crippen LogP contribution in [0.4, 0.5) is 5.69 Å². The number of nitrogens with two attached hydrogens (primary N) is 1.